The van der Waals surface area contributed by atoms with Crippen LogP contribution in [0.3, 0.4) is 0 Å². The van der Waals surface area contributed by atoms with Crippen LogP contribution in [-0.4, -0.2) is 127 Å². The Morgan fingerprint density at radius 2 is 0.886 bits per heavy atom. The highest BCUT2D eigenvalue weighted by Crippen LogP contribution is 2.25. The van der Waals surface area contributed by atoms with Gasteiger partial charge in [0.05, 0.1) is 12.5 Å². The van der Waals surface area contributed by atoms with Gasteiger partial charge in [0.15, 0.2) is 0 Å². The van der Waals surface area contributed by atoms with Gasteiger partial charge in [-0.1, -0.05) is 60.7 Å². The molecule has 18 nitrogen and oxygen atoms in total. The Morgan fingerprint density at radius 1 is 0.529 bits per heavy atom. The summed E-state index contributed by atoms with van der Waals surface area (Å²) in [5, 5.41) is 7.78. The molecule has 4 aromatic carbocycles. The Hall–Kier alpha value is -6.42. The number of nitrogens with one attached hydrogen (secondary N) is 6. The molecule has 374 valence electrons. The van der Waals surface area contributed by atoms with Crippen molar-refractivity contribution in [3.63, 3.8) is 0 Å². The van der Waals surface area contributed by atoms with E-state index in [1.807, 2.05) is 64.8 Å². The van der Waals surface area contributed by atoms with Crippen LogP contribution >= 0.6 is 0 Å². The lowest BCUT2D eigenvalue weighted by Gasteiger charge is -2.20. The number of carbonyl (C=O) groups excluding carboxylic acids is 4. The third-order valence-electron chi connectivity index (χ3n) is 11.5. The molecule has 6 N–H and O–H groups in total. The number of hydrogen-bond acceptors (Lipinski definition) is 12. The SMILES string of the molecule is CN(C)CCc1c[nH]c2ccc(CCNC(=O)C(OC(=O)C(=O)OC(C(=O)NCCc3ccc4[nH]cc(CCN(C)C)c4c3)c3ccc(CNS(C)(=O)=O)cc3)c3ccc(CNS(C)(=O)=O)cc3)cc12. The number of sulfonamides is 2. The number of benzene rings is 4. The molecule has 0 aliphatic carbocycles. The highest BCUT2D eigenvalue weighted by atomic mass is 32.2. The second-order valence-corrected chi connectivity index (χ2v) is 21.5. The highest BCUT2D eigenvalue weighted by molar-refractivity contribution is 7.88. The van der Waals surface area contributed by atoms with Crippen LogP contribution < -0.4 is 20.1 Å². The third kappa shape index (κ3) is 15.8. The van der Waals surface area contributed by atoms with Crippen molar-refractivity contribution in [2.24, 2.45) is 0 Å². The van der Waals surface area contributed by atoms with E-state index in [9.17, 15) is 36.0 Å². The number of fused-ring (bicyclic) bond motifs is 2. The number of aromatic amines is 2. The summed E-state index contributed by atoms with van der Waals surface area (Å²) in [6.45, 7) is 1.95. The molecule has 0 bridgehead atoms. The maximum atomic E-state index is 13.9. The van der Waals surface area contributed by atoms with Crippen LogP contribution in [0.1, 0.15) is 56.7 Å². The monoisotopic (exact) mass is 998 g/mol. The number of amides is 2. The van der Waals surface area contributed by atoms with E-state index < -0.39 is 56.0 Å². The number of aromatic nitrogens is 2. The van der Waals surface area contributed by atoms with Gasteiger partial charge in [0.25, 0.3) is 11.8 Å². The summed E-state index contributed by atoms with van der Waals surface area (Å²) in [6, 6.07) is 24.1. The van der Waals surface area contributed by atoms with Gasteiger partial charge in [0.2, 0.25) is 32.3 Å². The van der Waals surface area contributed by atoms with E-state index >= 15 is 0 Å². The lowest BCUT2D eigenvalue weighted by Crippen LogP contribution is -2.37. The molecule has 0 spiro atoms. The first-order valence-electron chi connectivity index (χ1n) is 22.7. The van der Waals surface area contributed by atoms with Crippen LogP contribution in [-0.2, 0) is 87.5 Å². The van der Waals surface area contributed by atoms with Gasteiger partial charge < -0.3 is 39.9 Å². The Bertz CT molecular complexity index is 2800. The number of esters is 2. The fraction of sp³-hybridized carbons (Fsp3) is 0.360. The minimum Gasteiger partial charge on any atom is -0.439 e. The van der Waals surface area contributed by atoms with Crippen LogP contribution in [0.15, 0.2) is 97.3 Å². The molecule has 20 heteroatoms. The minimum absolute atomic E-state index is 0.0385. The van der Waals surface area contributed by atoms with Gasteiger partial charge in [-0.3, -0.25) is 9.59 Å². The predicted octanol–water partition coefficient (Wildman–Crippen LogP) is 3.54. The molecule has 70 heavy (non-hydrogen) atoms. The van der Waals surface area contributed by atoms with Crippen molar-refractivity contribution in [3.05, 3.63) is 142 Å². The molecule has 0 saturated carbocycles. The largest absolute Gasteiger partial charge is 0.439 e. The fourth-order valence-corrected chi connectivity index (χ4v) is 8.47. The summed E-state index contributed by atoms with van der Waals surface area (Å²) in [5.41, 5.74) is 7.66. The molecule has 2 atom stereocenters. The lowest BCUT2D eigenvalue weighted by molar-refractivity contribution is -0.177. The van der Waals surface area contributed by atoms with Crippen LogP contribution in [0.4, 0.5) is 0 Å². The number of H-pyrrole nitrogens is 2. The Balaban J connectivity index is 1.18. The third-order valence-corrected chi connectivity index (χ3v) is 12.8. The van der Waals surface area contributed by atoms with Crippen molar-refractivity contribution in [3.8, 4) is 0 Å². The highest BCUT2D eigenvalue weighted by Gasteiger charge is 2.33. The van der Waals surface area contributed by atoms with Crippen LogP contribution in [0.5, 0.6) is 0 Å². The standard InChI is InChI=1S/C50H62N8O10S2/c1-57(2)25-21-39-31-53-43-17-11-33(27-41(39)43)19-23-51-47(59)45(37-13-7-35(8-14-37)29-55-69(5,63)64)67-49(61)50(62)68-46(38-15-9-36(10-16-38)30-56-70(6,65)66)48(60)52-24-20-34-12-18-44-42(28-34)40(32-54-44)22-26-58(3)4/h7-18,27-28,31-32,45-46,53-56H,19-26,29-30H2,1-6H3,(H,51,59)(H,52,60). The number of ether oxygens (including phenoxy) is 2. The molecular weight excluding hydrogens is 937 g/mol. The van der Waals surface area contributed by atoms with Crippen molar-refractivity contribution >= 4 is 65.6 Å². The molecule has 2 aromatic heterocycles. The average Bonchev–Trinajstić information content (AvgIpc) is 3.92. The minimum atomic E-state index is -3.51. The van der Waals surface area contributed by atoms with Crippen molar-refractivity contribution in [1.82, 2.24) is 39.8 Å². The Kier molecular flexibility index (Phi) is 18.1. The van der Waals surface area contributed by atoms with E-state index in [0.29, 0.717) is 24.0 Å². The maximum Gasteiger partial charge on any atom is 0.418 e. The van der Waals surface area contributed by atoms with Gasteiger partial charge in [0, 0.05) is 84.6 Å². The zero-order valence-electron chi connectivity index (χ0n) is 40.3. The first-order chi connectivity index (χ1) is 33.2. The summed E-state index contributed by atoms with van der Waals surface area (Å²) in [4.78, 5) is 66.1. The van der Waals surface area contributed by atoms with Crippen molar-refractivity contribution in [1.29, 1.82) is 0 Å². The number of hydrogen-bond donors (Lipinski definition) is 6. The number of likely N-dealkylation sites (N-methyl/N-ethyl adjacent to an activating group) is 2. The number of nitrogens with zero attached hydrogens (tertiary/aromatic N) is 2. The molecule has 0 fully saturated rings. The second-order valence-electron chi connectivity index (χ2n) is 17.8. The van der Waals surface area contributed by atoms with Crippen LogP contribution in [0, 0.1) is 0 Å². The quantitative estimate of drug-likeness (QED) is 0.0377. The summed E-state index contributed by atoms with van der Waals surface area (Å²) in [7, 11) is 1.04. The summed E-state index contributed by atoms with van der Waals surface area (Å²) < 4.78 is 62.9. The first-order valence-corrected chi connectivity index (χ1v) is 26.5. The molecule has 0 saturated heterocycles. The molecule has 2 unspecified atom stereocenters. The normalized spacial score (nSPS) is 12.9. The molecule has 2 heterocycles. The van der Waals surface area contributed by atoms with E-state index in [-0.39, 0.29) is 37.3 Å². The second kappa shape index (κ2) is 23.9. The average molecular weight is 999 g/mol. The lowest BCUT2D eigenvalue weighted by atomic mass is 10.0. The van der Waals surface area contributed by atoms with E-state index in [4.69, 9.17) is 9.47 Å². The van der Waals surface area contributed by atoms with Crippen molar-refractivity contribution < 1.29 is 45.5 Å². The van der Waals surface area contributed by atoms with E-state index in [0.717, 1.165) is 82.5 Å². The van der Waals surface area contributed by atoms with Crippen molar-refractivity contribution in [2.45, 2.75) is 51.0 Å². The van der Waals surface area contributed by atoms with Gasteiger partial charge in [-0.25, -0.2) is 35.9 Å². The van der Waals surface area contributed by atoms with Crippen LogP contribution in [0.25, 0.3) is 21.8 Å². The Morgan fingerprint density at radius 3 is 1.23 bits per heavy atom. The zero-order chi connectivity index (χ0) is 50.6. The van der Waals surface area contributed by atoms with Crippen molar-refractivity contribution in [2.75, 3.05) is 66.9 Å². The number of rotatable bonds is 24. The number of carbonyl (C=O) groups is 4. The first kappa shape index (κ1) is 52.9. The smallest absolute Gasteiger partial charge is 0.418 e. The Labute approximate surface area is 409 Å². The van der Waals surface area contributed by atoms with Gasteiger partial charge in [-0.15, -0.1) is 0 Å². The van der Waals surface area contributed by atoms with Gasteiger partial charge >= 0.3 is 11.9 Å². The molecular formula is C50H62N8O10S2. The zero-order valence-corrected chi connectivity index (χ0v) is 41.9. The molecule has 6 rings (SSSR count). The van der Waals surface area contributed by atoms with Gasteiger partial charge in [-0.2, -0.15) is 0 Å². The summed E-state index contributed by atoms with van der Waals surface area (Å²) in [6.07, 6.45) is 5.27. The molecule has 0 radical (unpaired) electrons. The van der Waals surface area contributed by atoms with E-state index in [1.54, 1.807) is 24.3 Å². The summed E-state index contributed by atoms with van der Waals surface area (Å²) in [5.74, 6) is -4.59. The van der Waals surface area contributed by atoms with E-state index in [2.05, 4.69) is 52.0 Å². The van der Waals surface area contributed by atoms with Crippen LogP contribution in [0.2, 0.25) is 0 Å². The molecule has 2 amide bonds. The van der Waals surface area contributed by atoms with E-state index in [1.165, 1.54) is 24.3 Å². The fourth-order valence-electron chi connectivity index (χ4n) is 7.61. The predicted molar refractivity (Wildman–Crippen MR) is 268 cm³/mol. The molecule has 0 aliphatic heterocycles. The van der Waals surface area contributed by atoms with Gasteiger partial charge in [-0.05, 0) is 112 Å². The molecule has 6 aromatic rings. The molecule has 0 aliphatic rings. The van der Waals surface area contributed by atoms with Gasteiger partial charge in [0.1, 0.15) is 0 Å². The topological polar surface area (TPSA) is 241 Å². The summed E-state index contributed by atoms with van der Waals surface area (Å²) >= 11 is 0. The maximum absolute atomic E-state index is 13.9.